The van der Waals surface area contributed by atoms with Crippen LogP contribution < -0.4 is 0 Å². The van der Waals surface area contributed by atoms with Gasteiger partial charge in [0.05, 0.1) is 6.26 Å². The van der Waals surface area contributed by atoms with Crippen molar-refractivity contribution in [2.24, 2.45) is 0 Å². The summed E-state index contributed by atoms with van der Waals surface area (Å²) in [6.45, 7) is 4.28. The van der Waals surface area contributed by atoms with Crippen LogP contribution in [-0.4, -0.2) is 65.7 Å². The lowest BCUT2D eigenvalue weighted by Gasteiger charge is -2.33. The molecule has 2 heterocycles. The van der Waals surface area contributed by atoms with Gasteiger partial charge in [-0.2, -0.15) is 9.40 Å². The smallest absolute Gasteiger partial charge is 0.272 e. The van der Waals surface area contributed by atoms with Crippen LogP contribution in [0.2, 0.25) is 0 Å². The molecule has 0 aromatic carbocycles. The number of rotatable bonds is 4. The largest absolute Gasteiger partial charge is 0.335 e. The van der Waals surface area contributed by atoms with Gasteiger partial charge in [-0.25, -0.2) is 8.42 Å². The Morgan fingerprint density at radius 2 is 1.95 bits per heavy atom. The number of hydrogen-bond donors (Lipinski definition) is 0. The van der Waals surface area contributed by atoms with Gasteiger partial charge in [0.2, 0.25) is 10.0 Å². The molecule has 1 saturated heterocycles. The second kappa shape index (κ2) is 5.92. The van der Waals surface area contributed by atoms with Crippen molar-refractivity contribution in [3.63, 3.8) is 0 Å². The summed E-state index contributed by atoms with van der Waals surface area (Å²) in [4.78, 5) is 14.1. The first-order chi connectivity index (χ1) is 9.43. The normalized spacial score (nSPS) is 17.4. The number of amides is 1. The zero-order valence-electron chi connectivity index (χ0n) is 11.8. The van der Waals surface area contributed by atoms with E-state index >= 15 is 0 Å². The lowest BCUT2D eigenvalue weighted by molar-refractivity contribution is 0.0685. The molecule has 1 aromatic heterocycles. The van der Waals surface area contributed by atoms with E-state index in [0.717, 1.165) is 6.42 Å². The number of sulfonamides is 1. The minimum Gasteiger partial charge on any atom is -0.335 e. The first kappa shape index (κ1) is 15.0. The van der Waals surface area contributed by atoms with Gasteiger partial charge in [0, 0.05) is 38.9 Å². The van der Waals surface area contributed by atoms with E-state index in [9.17, 15) is 13.2 Å². The molecule has 1 fully saturated rings. The third-order valence-corrected chi connectivity index (χ3v) is 4.67. The Labute approximate surface area is 119 Å². The van der Waals surface area contributed by atoms with Crippen molar-refractivity contribution in [2.45, 2.75) is 19.9 Å². The molecule has 0 unspecified atom stereocenters. The molecule has 1 aliphatic rings. The summed E-state index contributed by atoms with van der Waals surface area (Å²) in [7, 11) is -3.17. The molecule has 1 aliphatic heterocycles. The predicted octanol–water partition coefficient (Wildman–Crippen LogP) is 0.0105. The average molecular weight is 300 g/mol. The minimum absolute atomic E-state index is 0.0795. The summed E-state index contributed by atoms with van der Waals surface area (Å²) >= 11 is 0. The first-order valence-electron chi connectivity index (χ1n) is 6.69. The third-order valence-electron chi connectivity index (χ3n) is 3.37. The van der Waals surface area contributed by atoms with E-state index in [2.05, 4.69) is 5.10 Å². The Balaban J connectivity index is 2.03. The lowest BCUT2D eigenvalue weighted by atomic mass is 10.3. The first-order valence-corrected chi connectivity index (χ1v) is 8.54. The van der Waals surface area contributed by atoms with Crippen molar-refractivity contribution < 1.29 is 13.2 Å². The minimum atomic E-state index is -3.17. The molecule has 2 rings (SSSR count). The number of nitrogens with zero attached hydrogens (tertiary/aromatic N) is 4. The molecule has 0 aliphatic carbocycles. The Hall–Kier alpha value is -1.41. The van der Waals surface area contributed by atoms with Crippen molar-refractivity contribution in [3.8, 4) is 0 Å². The van der Waals surface area contributed by atoms with Gasteiger partial charge in [-0.05, 0) is 12.5 Å². The molecule has 1 amide bonds. The maximum absolute atomic E-state index is 12.4. The van der Waals surface area contributed by atoms with E-state index < -0.39 is 10.0 Å². The lowest BCUT2D eigenvalue weighted by Crippen LogP contribution is -2.50. The highest BCUT2D eigenvalue weighted by Crippen LogP contribution is 2.11. The molecule has 1 aromatic rings. The second-order valence-electron chi connectivity index (χ2n) is 4.89. The summed E-state index contributed by atoms with van der Waals surface area (Å²) in [6, 6.07) is 1.71. The molecule has 20 heavy (non-hydrogen) atoms. The molecular weight excluding hydrogens is 280 g/mol. The van der Waals surface area contributed by atoms with Crippen LogP contribution in [0.25, 0.3) is 0 Å². The molecule has 8 heteroatoms. The van der Waals surface area contributed by atoms with Gasteiger partial charge in [-0.1, -0.05) is 6.92 Å². The van der Waals surface area contributed by atoms with Crippen LogP contribution >= 0.6 is 0 Å². The molecule has 0 radical (unpaired) electrons. The van der Waals surface area contributed by atoms with Crippen molar-refractivity contribution >= 4 is 15.9 Å². The van der Waals surface area contributed by atoms with Crippen LogP contribution in [0.1, 0.15) is 23.8 Å². The molecule has 0 spiro atoms. The molecular formula is C12H20N4O3S. The van der Waals surface area contributed by atoms with Crippen molar-refractivity contribution in [2.75, 3.05) is 32.4 Å². The van der Waals surface area contributed by atoms with Gasteiger partial charge in [-0.3, -0.25) is 9.48 Å². The highest BCUT2D eigenvalue weighted by atomic mass is 32.2. The standard InChI is InChI=1S/C12H20N4O3S/c1-3-6-16-11(4-5-13-16)12(17)14-7-9-15(10-8-14)20(2,18)19/h4-5H,3,6-10H2,1-2H3. The van der Waals surface area contributed by atoms with Gasteiger partial charge in [0.1, 0.15) is 5.69 Å². The summed E-state index contributed by atoms with van der Waals surface area (Å²) in [5.41, 5.74) is 0.569. The van der Waals surface area contributed by atoms with Crippen LogP contribution in [0.3, 0.4) is 0 Å². The highest BCUT2D eigenvalue weighted by Gasteiger charge is 2.27. The molecule has 0 atom stereocenters. The number of carbonyl (C=O) groups is 1. The third kappa shape index (κ3) is 3.18. The van der Waals surface area contributed by atoms with Crippen molar-refractivity contribution in [1.82, 2.24) is 19.0 Å². The number of aromatic nitrogens is 2. The van der Waals surface area contributed by atoms with Crippen LogP contribution in [0.4, 0.5) is 0 Å². The maximum atomic E-state index is 12.4. The SMILES string of the molecule is CCCn1nccc1C(=O)N1CCN(S(C)(=O)=O)CC1. The van der Waals surface area contributed by atoms with E-state index in [0.29, 0.717) is 38.4 Å². The predicted molar refractivity (Wildman–Crippen MR) is 74.8 cm³/mol. The van der Waals surface area contributed by atoms with Crippen LogP contribution in [0, 0.1) is 0 Å². The monoisotopic (exact) mass is 300 g/mol. The number of carbonyl (C=O) groups excluding carboxylic acids is 1. The summed E-state index contributed by atoms with van der Waals surface area (Å²) in [5.74, 6) is -0.0795. The van der Waals surface area contributed by atoms with E-state index in [4.69, 9.17) is 0 Å². The van der Waals surface area contributed by atoms with Gasteiger partial charge in [0.25, 0.3) is 5.91 Å². The maximum Gasteiger partial charge on any atom is 0.272 e. The summed E-state index contributed by atoms with van der Waals surface area (Å²) in [6.07, 6.45) is 3.72. The van der Waals surface area contributed by atoms with Gasteiger partial charge < -0.3 is 4.90 Å². The fourth-order valence-electron chi connectivity index (χ4n) is 2.29. The number of piperazine rings is 1. The molecule has 112 valence electrons. The van der Waals surface area contributed by atoms with Crippen molar-refractivity contribution in [3.05, 3.63) is 18.0 Å². The van der Waals surface area contributed by atoms with E-state index in [1.807, 2.05) is 6.92 Å². The average Bonchev–Trinajstić information content (AvgIpc) is 2.86. The second-order valence-corrected chi connectivity index (χ2v) is 6.88. The zero-order valence-corrected chi connectivity index (χ0v) is 12.6. The van der Waals surface area contributed by atoms with Crippen molar-refractivity contribution in [1.29, 1.82) is 0 Å². The van der Waals surface area contributed by atoms with E-state index in [-0.39, 0.29) is 5.91 Å². The highest BCUT2D eigenvalue weighted by molar-refractivity contribution is 7.88. The number of aryl methyl sites for hydroxylation is 1. The Morgan fingerprint density at radius 1 is 1.30 bits per heavy atom. The fraction of sp³-hybridized carbons (Fsp3) is 0.667. The van der Waals surface area contributed by atoms with Gasteiger partial charge in [0.15, 0.2) is 0 Å². The van der Waals surface area contributed by atoms with Gasteiger partial charge >= 0.3 is 0 Å². The molecule has 0 N–H and O–H groups in total. The Kier molecular flexibility index (Phi) is 4.44. The van der Waals surface area contributed by atoms with Gasteiger partial charge in [-0.15, -0.1) is 0 Å². The Bertz CT molecular complexity index is 573. The Morgan fingerprint density at radius 3 is 2.50 bits per heavy atom. The van der Waals surface area contributed by atoms with E-state index in [1.165, 1.54) is 10.6 Å². The summed E-state index contributed by atoms with van der Waals surface area (Å²) < 4.78 is 26.0. The van der Waals surface area contributed by atoms with E-state index in [1.54, 1.807) is 21.8 Å². The topological polar surface area (TPSA) is 75.5 Å². The zero-order chi connectivity index (χ0) is 14.8. The number of hydrogen-bond acceptors (Lipinski definition) is 4. The fourth-order valence-corrected chi connectivity index (χ4v) is 3.12. The molecule has 0 saturated carbocycles. The van der Waals surface area contributed by atoms with Crippen LogP contribution in [-0.2, 0) is 16.6 Å². The summed E-state index contributed by atoms with van der Waals surface area (Å²) in [5, 5.41) is 4.14. The van der Waals surface area contributed by atoms with Crippen LogP contribution in [0.5, 0.6) is 0 Å². The molecule has 0 bridgehead atoms. The van der Waals surface area contributed by atoms with Crippen LogP contribution in [0.15, 0.2) is 12.3 Å². The quantitative estimate of drug-likeness (QED) is 0.785. The molecule has 7 nitrogen and oxygen atoms in total.